The van der Waals surface area contributed by atoms with E-state index < -0.39 is 0 Å². The summed E-state index contributed by atoms with van der Waals surface area (Å²) < 4.78 is 5.83. The molecule has 0 radical (unpaired) electrons. The highest BCUT2D eigenvalue weighted by Gasteiger charge is 2.52. The molecule has 34 heavy (non-hydrogen) atoms. The topological polar surface area (TPSA) is 63.8 Å². The van der Waals surface area contributed by atoms with Crippen LogP contribution in [0.4, 0.5) is 11.4 Å². The van der Waals surface area contributed by atoms with Crippen LogP contribution in [0.1, 0.15) is 24.8 Å². The maximum Gasteiger partial charge on any atom is 0.246 e. The molecule has 7 heteroatoms. The van der Waals surface area contributed by atoms with Crippen molar-refractivity contribution in [3.8, 4) is 0 Å². The van der Waals surface area contributed by atoms with Crippen LogP contribution < -0.4 is 10.2 Å². The summed E-state index contributed by atoms with van der Waals surface area (Å²) in [5.74, 6) is 0.247. The number of H-pyrrole nitrogens is 1. The highest BCUT2D eigenvalue weighted by molar-refractivity contribution is 5.92. The molecule has 5 aliphatic heterocycles. The van der Waals surface area contributed by atoms with Crippen LogP contribution in [-0.2, 0) is 16.0 Å². The highest BCUT2D eigenvalue weighted by atomic mass is 16.6. The van der Waals surface area contributed by atoms with Crippen LogP contribution >= 0.6 is 0 Å². The number of aromatic amines is 1. The molecule has 3 aromatic rings. The van der Waals surface area contributed by atoms with Crippen molar-refractivity contribution < 1.29 is 9.53 Å². The quantitative estimate of drug-likeness (QED) is 0.629. The first-order chi connectivity index (χ1) is 16.8. The standard InChI is InChI=1S/C27H31N5O2/c33-27(32-24-10-11-25(32)34-24)26(22-9-8-18-4-1-2-5-20(18)29-22)31-16-14-30(15-17-31)23-7-3-6-21-19(23)12-13-28-21/h1-7,12-13,22,24-26,28-29H,8-11,14-17H2/t22?,24-,25?,26?/m0/s1. The Bertz CT molecular complexity index is 1200. The number of hydrogen-bond acceptors (Lipinski definition) is 5. The van der Waals surface area contributed by atoms with Crippen molar-refractivity contribution in [2.45, 2.75) is 50.2 Å². The first-order valence-electron chi connectivity index (χ1n) is 12.6. The van der Waals surface area contributed by atoms with Crippen molar-refractivity contribution >= 4 is 28.2 Å². The van der Waals surface area contributed by atoms with Gasteiger partial charge in [0.25, 0.3) is 0 Å². The van der Waals surface area contributed by atoms with Crippen molar-refractivity contribution in [2.24, 2.45) is 0 Å². The Balaban J connectivity index is 1.13. The third-order valence-corrected chi connectivity index (χ3v) is 8.19. The zero-order chi connectivity index (χ0) is 22.6. The summed E-state index contributed by atoms with van der Waals surface area (Å²) in [5, 5.41) is 5.01. The predicted octanol–water partition coefficient (Wildman–Crippen LogP) is 3.39. The maximum absolute atomic E-state index is 13.9. The van der Waals surface area contributed by atoms with Gasteiger partial charge in [0.2, 0.25) is 5.91 Å². The average molecular weight is 458 g/mol. The lowest BCUT2D eigenvalue weighted by atomic mass is 9.91. The zero-order valence-electron chi connectivity index (χ0n) is 19.3. The van der Waals surface area contributed by atoms with Crippen molar-refractivity contribution in [1.82, 2.24) is 14.8 Å². The molecule has 3 unspecified atom stereocenters. The molecule has 8 rings (SSSR count). The SMILES string of the molecule is O=C(C(C1CCc2ccccc2N1)N1CCN(c2cccc3[nH]ccc23)CC1)N1C2CC[C@@H]1O2. The van der Waals surface area contributed by atoms with Gasteiger partial charge in [-0.1, -0.05) is 24.3 Å². The molecule has 7 nitrogen and oxygen atoms in total. The summed E-state index contributed by atoms with van der Waals surface area (Å²) in [7, 11) is 0. The fourth-order valence-corrected chi connectivity index (χ4v) is 6.44. The van der Waals surface area contributed by atoms with Gasteiger partial charge in [-0.05, 0) is 55.5 Å². The molecule has 5 aliphatic rings. The van der Waals surface area contributed by atoms with Crippen LogP contribution in [0.5, 0.6) is 0 Å². The lowest BCUT2D eigenvalue weighted by molar-refractivity contribution is -0.235. The summed E-state index contributed by atoms with van der Waals surface area (Å²) in [6, 6.07) is 17.1. The Morgan fingerprint density at radius 1 is 0.941 bits per heavy atom. The number of aromatic nitrogens is 1. The lowest BCUT2D eigenvalue weighted by Gasteiger charge is -2.48. The van der Waals surface area contributed by atoms with Crippen LogP contribution in [0.25, 0.3) is 10.9 Å². The molecule has 4 saturated heterocycles. The first kappa shape index (κ1) is 20.4. The van der Waals surface area contributed by atoms with E-state index in [-0.39, 0.29) is 30.4 Å². The molecular weight excluding hydrogens is 426 g/mol. The van der Waals surface area contributed by atoms with Gasteiger partial charge in [0.15, 0.2) is 0 Å². The molecule has 1 amide bonds. The van der Waals surface area contributed by atoms with E-state index in [1.54, 1.807) is 0 Å². The van der Waals surface area contributed by atoms with Crippen molar-refractivity contribution in [3.63, 3.8) is 0 Å². The average Bonchev–Trinajstić information content (AvgIpc) is 3.62. The molecule has 2 aromatic carbocycles. The van der Waals surface area contributed by atoms with Gasteiger partial charge in [0.05, 0.1) is 6.04 Å². The zero-order valence-corrected chi connectivity index (χ0v) is 19.3. The van der Waals surface area contributed by atoms with E-state index in [2.05, 4.69) is 68.6 Å². The summed E-state index contributed by atoms with van der Waals surface area (Å²) in [6.07, 6.45) is 5.91. The molecule has 1 aromatic heterocycles. The molecule has 2 bridgehead atoms. The Morgan fingerprint density at radius 2 is 1.76 bits per heavy atom. The van der Waals surface area contributed by atoms with Crippen LogP contribution in [-0.4, -0.2) is 71.4 Å². The minimum absolute atomic E-state index is 0.0108. The molecule has 4 fully saturated rings. The van der Waals surface area contributed by atoms with Crippen LogP contribution in [0.15, 0.2) is 54.7 Å². The van der Waals surface area contributed by atoms with Gasteiger partial charge < -0.3 is 19.9 Å². The van der Waals surface area contributed by atoms with Crippen molar-refractivity contribution in [3.05, 3.63) is 60.3 Å². The van der Waals surface area contributed by atoms with Gasteiger partial charge in [0.1, 0.15) is 18.5 Å². The monoisotopic (exact) mass is 457 g/mol. The summed E-state index contributed by atoms with van der Waals surface area (Å²) in [6.45, 7) is 3.59. The number of aryl methyl sites for hydroxylation is 1. The van der Waals surface area contributed by atoms with E-state index in [0.717, 1.165) is 51.9 Å². The molecule has 2 N–H and O–H groups in total. The number of carbonyl (C=O) groups is 1. The number of ether oxygens (including phenoxy) is 1. The highest BCUT2D eigenvalue weighted by Crippen LogP contribution is 2.39. The number of hydrogen-bond donors (Lipinski definition) is 2. The molecule has 6 heterocycles. The summed E-state index contributed by atoms with van der Waals surface area (Å²) >= 11 is 0. The largest absolute Gasteiger partial charge is 0.380 e. The van der Waals surface area contributed by atoms with Gasteiger partial charge >= 0.3 is 0 Å². The first-order valence-corrected chi connectivity index (χ1v) is 12.6. The Hall–Kier alpha value is -3.03. The number of amides is 1. The molecule has 4 atom stereocenters. The smallest absolute Gasteiger partial charge is 0.246 e. The van der Waals surface area contributed by atoms with E-state index in [1.165, 1.54) is 27.8 Å². The number of nitrogens with one attached hydrogen (secondary N) is 2. The minimum Gasteiger partial charge on any atom is -0.380 e. The van der Waals surface area contributed by atoms with Gasteiger partial charge in [-0.2, -0.15) is 0 Å². The second-order valence-corrected chi connectivity index (χ2v) is 10.00. The van der Waals surface area contributed by atoms with Gasteiger partial charge in [-0.25, -0.2) is 0 Å². The second-order valence-electron chi connectivity index (χ2n) is 10.00. The Morgan fingerprint density at radius 3 is 2.59 bits per heavy atom. The molecule has 0 spiro atoms. The fraction of sp³-hybridized carbons (Fsp3) is 0.444. The van der Waals surface area contributed by atoms with Gasteiger partial charge in [0, 0.05) is 54.7 Å². The van der Waals surface area contributed by atoms with E-state index in [9.17, 15) is 4.79 Å². The number of piperazine rings is 1. The third kappa shape index (κ3) is 3.21. The lowest BCUT2D eigenvalue weighted by Crippen LogP contribution is -2.66. The Labute approximate surface area is 199 Å². The van der Waals surface area contributed by atoms with Gasteiger partial charge in [-0.15, -0.1) is 0 Å². The molecule has 0 aliphatic carbocycles. The van der Waals surface area contributed by atoms with Crippen LogP contribution in [0, 0.1) is 0 Å². The minimum atomic E-state index is -0.162. The summed E-state index contributed by atoms with van der Waals surface area (Å²) in [5.41, 5.74) is 4.98. The number of fused-ring (bicyclic) bond motifs is 3. The van der Waals surface area contributed by atoms with Crippen molar-refractivity contribution in [1.29, 1.82) is 0 Å². The number of para-hydroxylation sites is 1. The van der Waals surface area contributed by atoms with Gasteiger partial charge in [-0.3, -0.25) is 14.6 Å². The molecular formula is C27H31N5O2. The maximum atomic E-state index is 13.9. The Kier molecular flexibility index (Phi) is 4.81. The van der Waals surface area contributed by atoms with E-state index in [0.29, 0.717) is 0 Å². The van der Waals surface area contributed by atoms with E-state index in [1.807, 2.05) is 11.1 Å². The van der Waals surface area contributed by atoms with Crippen LogP contribution in [0.2, 0.25) is 0 Å². The molecule has 176 valence electrons. The van der Waals surface area contributed by atoms with Crippen LogP contribution in [0.3, 0.4) is 0 Å². The second kappa shape index (κ2) is 8.03. The number of carbonyl (C=O) groups excluding carboxylic acids is 1. The van der Waals surface area contributed by atoms with E-state index >= 15 is 0 Å². The third-order valence-electron chi connectivity index (χ3n) is 8.19. The molecule has 0 saturated carbocycles. The van der Waals surface area contributed by atoms with Crippen molar-refractivity contribution in [2.75, 3.05) is 36.4 Å². The number of anilines is 2. The number of benzene rings is 2. The number of nitrogens with zero attached hydrogens (tertiary/aromatic N) is 3. The normalized spacial score (nSPS) is 27.2. The number of rotatable bonds is 4. The fourth-order valence-electron chi connectivity index (χ4n) is 6.44. The van der Waals surface area contributed by atoms with E-state index in [4.69, 9.17) is 4.74 Å². The summed E-state index contributed by atoms with van der Waals surface area (Å²) in [4.78, 5) is 24.2. The predicted molar refractivity (Wildman–Crippen MR) is 133 cm³/mol.